The van der Waals surface area contributed by atoms with Crippen LogP contribution in [0.3, 0.4) is 0 Å². The number of hydrogen-bond acceptors (Lipinski definition) is 3. The number of H-pyrrole nitrogens is 1. The van der Waals surface area contributed by atoms with E-state index in [9.17, 15) is 0 Å². The fraction of sp³-hybridized carbons (Fsp3) is 0.818. The van der Waals surface area contributed by atoms with Crippen molar-refractivity contribution < 1.29 is 0 Å². The number of aromatic amines is 1. The van der Waals surface area contributed by atoms with Gasteiger partial charge in [-0.1, -0.05) is 45.4 Å². The number of unbranched alkanes of at least 4 members (excludes halogenated alkanes) is 5. The van der Waals surface area contributed by atoms with E-state index in [1.54, 1.807) is 0 Å². The average Bonchev–Trinajstić information content (AvgIpc) is 2.76. The SMILES string of the molecule is CCCCCCCCC(N)c1ncn[nH]1. The van der Waals surface area contributed by atoms with Crippen molar-refractivity contribution >= 4 is 0 Å². The summed E-state index contributed by atoms with van der Waals surface area (Å²) in [5, 5.41) is 6.61. The normalized spacial score (nSPS) is 12.9. The van der Waals surface area contributed by atoms with Gasteiger partial charge in [-0.3, -0.25) is 5.10 Å². The highest BCUT2D eigenvalue weighted by Gasteiger charge is 2.07. The van der Waals surface area contributed by atoms with Gasteiger partial charge < -0.3 is 5.73 Å². The van der Waals surface area contributed by atoms with Crippen molar-refractivity contribution in [3.05, 3.63) is 12.2 Å². The van der Waals surface area contributed by atoms with Crippen LogP contribution in [0.4, 0.5) is 0 Å². The molecule has 15 heavy (non-hydrogen) atoms. The number of rotatable bonds is 8. The number of nitrogens with two attached hydrogens (primary N) is 1. The Balaban J connectivity index is 2.00. The number of aromatic nitrogens is 3. The van der Waals surface area contributed by atoms with Gasteiger partial charge in [0, 0.05) is 0 Å². The van der Waals surface area contributed by atoms with E-state index in [4.69, 9.17) is 5.73 Å². The Morgan fingerprint density at radius 3 is 2.67 bits per heavy atom. The van der Waals surface area contributed by atoms with Gasteiger partial charge in [0.2, 0.25) is 0 Å². The van der Waals surface area contributed by atoms with Crippen LogP contribution in [0.15, 0.2) is 6.33 Å². The van der Waals surface area contributed by atoms with Crippen molar-refractivity contribution in [2.45, 2.75) is 57.9 Å². The Morgan fingerprint density at radius 2 is 2.00 bits per heavy atom. The zero-order valence-electron chi connectivity index (χ0n) is 9.58. The number of nitrogens with one attached hydrogen (secondary N) is 1. The molecular weight excluding hydrogens is 188 g/mol. The highest BCUT2D eigenvalue weighted by molar-refractivity contribution is 4.88. The van der Waals surface area contributed by atoms with Crippen LogP contribution in [-0.2, 0) is 0 Å². The van der Waals surface area contributed by atoms with Crippen LogP contribution < -0.4 is 5.73 Å². The van der Waals surface area contributed by atoms with Gasteiger partial charge in [-0.15, -0.1) is 0 Å². The molecule has 0 aliphatic rings. The van der Waals surface area contributed by atoms with Crippen molar-refractivity contribution in [3.63, 3.8) is 0 Å². The molecular formula is C11H22N4. The molecule has 0 aliphatic carbocycles. The lowest BCUT2D eigenvalue weighted by molar-refractivity contribution is 0.534. The van der Waals surface area contributed by atoms with Gasteiger partial charge >= 0.3 is 0 Å². The molecule has 1 atom stereocenters. The lowest BCUT2D eigenvalue weighted by Gasteiger charge is -2.07. The molecule has 1 unspecified atom stereocenters. The molecule has 0 saturated heterocycles. The number of hydrogen-bond donors (Lipinski definition) is 2. The van der Waals surface area contributed by atoms with Crippen molar-refractivity contribution in [2.75, 3.05) is 0 Å². The minimum absolute atomic E-state index is 0.0266. The second kappa shape index (κ2) is 7.40. The summed E-state index contributed by atoms with van der Waals surface area (Å²) in [5.41, 5.74) is 5.95. The zero-order valence-corrected chi connectivity index (χ0v) is 9.58. The zero-order chi connectivity index (χ0) is 10.9. The second-order valence-electron chi connectivity index (χ2n) is 4.03. The van der Waals surface area contributed by atoms with E-state index in [-0.39, 0.29) is 6.04 Å². The molecule has 4 nitrogen and oxygen atoms in total. The van der Waals surface area contributed by atoms with Gasteiger partial charge in [-0.2, -0.15) is 5.10 Å². The van der Waals surface area contributed by atoms with Crippen molar-refractivity contribution in [1.29, 1.82) is 0 Å². The maximum absolute atomic E-state index is 5.95. The van der Waals surface area contributed by atoms with E-state index in [1.165, 1.54) is 44.9 Å². The topological polar surface area (TPSA) is 67.6 Å². The van der Waals surface area contributed by atoms with Gasteiger partial charge in [0.1, 0.15) is 12.2 Å². The largest absolute Gasteiger partial charge is 0.321 e. The minimum Gasteiger partial charge on any atom is -0.321 e. The standard InChI is InChI=1S/C11H22N4/c1-2-3-4-5-6-7-8-10(12)11-13-9-14-15-11/h9-10H,2-8,12H2,1H3,(H,13,14,15). The molecule has 0 bridgehead atoms. The fourth-order valence-electron chi connectivity index (χ4n) is 1.67. The molecule has 86 valence electrons. The lowest BCUT2D eigenvalue weighted by Crippen LogP contribution is -2.11. The first-order valence-electron chi connectivity index (χ1n) is 5.95. The van der Waals surface area contributed by atoms with Gasteiger partial charge in [0.25, 0.3) is 0 Å². The van der Waals surface area contributed by atoms with Crippen LogP contribution in [0.2, 0.25) is 0 Å². The van der Waals surface area contributed by atoms with Crippen molar-refractivity contribution in [3.8, 4) is 0 Å². The van der Waals surface area contributed by atoms with E-state index in [2.05, 4.69) is 22.1 Å². The molecule has 0 fully saturated rings. The summed E-state index contributed by atoms with van der Waals surface area (Å²) in [6.07, 6.45) is 10.3. The van der Waals surface area contributed by atoms with Crippen molar-refractivity contribution in [2.24, 2.45) is 5.73 Å². The molecule has 0 saturated carbocycles. The third kappa shape index (κ3) is 4.93. The maximum atomic E-state index is 5.95. The van der Waals surface area contributed by atoms with Gasteiger partial charge in [-0.05, 0) is 6.42 Å². The fourth-order valence-corrected chi connectivity index (χ4v) is 1.67. The first-order valence-corrected chi connectivity index (χ1v) is 5.95. The molecule has 3 N–H and O–H groups in total. The summed E-state index contributed by atoms with van der Waals surface area (Å²) in [6.45, 7) is 2.24. The molecule has 0 spiro atoms. The summed E-state index contributed by atoms with van der Waals surface area (Å²) in [7, 11) is 0. The van der Waals surface area contributed by atoms with E-state index in [1.807, 2.05) is 0 Å². The number of nitrogens with zero attached hydrogens (tertiary/aromatic N) is 2. The van der Waals surface area contributed by atoms with Crippen molar-refractivity contribution in [1.82, 2.24) is 15.2 Å². The Kier molecular flexibility index (Phi) is 6.00. The van der Waals surface area contributed by atoms with Crippen LogP contribution >= 0.6 is 0 Å². The molecule has 0 aromatic carbocycles. The van der Waals surface area contributed by atoms with Crippen LogP contribution in [0.5, 0.6) is 0 Å². The quantitative estimate of drug-likeness (QED) is 0.648. The average molecular weight is 210 g/mol. The summed E-state index contributed by atoms with van der Waals surface area (Å²) < 4.78 is 0. The molecule has 0 aliphatic heterocycles. The van der Waals surface area contributed by atoms with E-state index < -0.39 is 0 Å². The van der Waals surface area contributed by atoms with Gasteiger partial charge in [-0.25, -0.2) is 4.98 Å². The third-order valence-corrected chi connectivity index (χ3v) is 2.65. The van der Waals surface area contributed by atoms with Gasteiger partial charge in [0.05, 0.1) is 6.04 Å². The smallest absolute Gasteiger partial charge is 0.141 e. The highest BCUT2D eigenvalue weighted by Crippen LogP contribution is 2.14. The summed E-state index contributed by atoms with van der Waals surface area (Å²) in [5.74, 6) is 0.809. The van der Waals surface area contributed by atoms with Crippen LogP contribution in [0.1, 0.15) is 63.7 Å². The minimum atomic E-state index is 0.0266. The first kappa shape index (κ1) is 12.2. The molecule has 1 rings (SSSR count). The van der Waals surface area contributed by atoms with Gasteiger partial charge in [0.15, 0.2) is 0 Å². The molecule has 1 heterocycles. The van der Waals surface area contributed by atoms with Crippen LogP contribution in [-0.4, -0.2) is 15.2 Å². The first-order chi connectivity index (χ1) is 7.34. The second-order valence-corrected chi connectivity index (χ2v) is 4.03. The lowest BCUT2D eigenvalue weighted by atomic mass is 10.1. The van der Waals surface area contributed by atoms with E-state index in [0.29, 0.717) is 0 Å². The highest BCUT2D eigenvalue weighted by atomic mass is 15.2. The summed E-state index contributed by atoms with van der Waals surface area (Å²) in [6, 6.07) is 0.0266. The monoisotopic (exact) mass is 210 g/mol. The Labute approximate surface area is 91.7 Å². The molecule has 0 amide bonds. The summed E-state index contributed by atoms with van der Waals surface area (Å²) >= 11 is 0. The Bertz CT molecular complexity index is 233. The molecule has 0 radical (unpaired) electrons. The van der Waals surface area contributed by atoms with E-state index >= 15 is 0 Å². The third-order valence-electron chi connectivity index (χ3n) is 2.65. The summed E-state index contributed by atoms with van der Waals surface area (Å²) in [4.78, 5) is 4.05. The Hall–Kier alpha value is -0.900. The molecule has 1 aromatic heterocycles. The van der Waals surface area contributed by atoms with Crippen LogP contribution in [0, 0.1) is 0 Å². The predicted molar refractivity (Wildman–Crippen MR) is 61.3 cm³/mol. The van der Waals surface area contributed by atoms with Crippen LogP contribution in [0.25, 0.3) is 0 Å². The Morgan fingerprint density at radius 1 is 1.27 bits per heavy atom. The maximum Gasteiger partial charge on any atom is 0.141 e. The molecule has 4 heteroatoms. The van der Waals surface area contributed by atoms with E-state index in [0.717, 1.165) is 12.2 Å². The molecule has 1 aromatic rings. The predicted octanol–water partition coefficient (Wildman–Crippen LogP) is 2.56.